The molecular formula is C40H43FN4O8Si. The molecule has 14 heteroatoms. The molecule has 4 aromatic carbocycles. The topological polar surface area (TPSA) is 152 Å². The summed E-state index contributed by atoms with van der Waals surface area (Å²) >= 11 is 0. The van der Waals surface area contributed by atoms with E-state index in [0.29, 0.717) is 28.3 Å². The second kappa shape index (κ2) is 15.5. The van der Waals surface area contributed by atoms with Gasteiger partial charge >= 0.3 is 0 Å². The summed E-state index contributed by atoms with van der Waals surface area (Å²) in [7, 11) is -2.12. The normalized spacial score (nSPS) is 20.5. The SMILES string of the molecule is COc1ccc(C(=O)Nc2ccc(CN3C(=O)[C@@]4(O[C@@H](CC(=O)N(CCO)Cc5ccccc5)[C@H]([Si](C)(C)F)[C@H]4C)c4cc([N+](=O)[O-])ccc43)cc2)cc1. The smallest absolute Gasteiger partial charge is 0.269 e. The van der Waals surface area contributed by atoms with Crippen LogP contribution < -0.4 is 15.0 Å². The molecule has 1 fully saturated rings. The number of non-ortho nitro benzene ring substituents is 1. The van der Waals surface area contributed by atoms with Gasteiger partial charge in [0.05, 0.1) is 43.4 Å². The number of nitrogens with zero attached hydrogens (tertiary/aromatic N) is 3. The van der Waals surface area contributed by atoms with E-state index < -0.39 is 42.4 Å². The highest BCUT2D eigenvalue weighted by Gasteiger charge is 2.67. The zero-order valence-electron chi connectivity index (χ0n) is 30.5. The number of anilines is 2. The number of carbonyl (C=O) groups excluding carboxylic acids is 3. The van der Waals surface area contributed by atoms with Crippen LogP contribution in [0.5, 0.6) is 5.75 Å². The van der Waals surface area contributed by atoms with Crippen molar-refractivity contribution in [1.29, 1.82) is 0 Å². The van der Waals surface area contributed by atoms with Crippen molar-refractivity contribution in [3.05, 3.63) is 129 Å². The summed E-state index contributed by atoms with van der Waals surface area (Å²) in [6.45, 7) is 4.81. The molecule has 0 radical (unpaired) electrons. The third-order valence-corrected chi connectivity index (χ3v) is 12.8. The van der Waals surface area contributed by atoms with E-state index in [1.807, 2.05) is 30.3 Å². The third kappa shape index (κ3) is 7.49. The number of ether oxygens (including phenoxy) is 2. The van der Waals surface area contributed by atoms with Gasteiger partial charge in [0.25, 0.3) is 17.5 Å². The van der Waals surface area contributed by atoms with Gasteiger partial charge in [0, 0.05) is 53.5 Å². The standard InChI is InChI=1S/C40H43FN4O8Si/c1-26-37(54(3,4)41)35(23-36(47)43(20-21-46)24-27-8-6-5-7-9-27)53-40(26)33-22-31(45(50)51)16-19-34(33)44(39(40)49)25-28-10-14-30(15-11-28)42-38(48)29-12-17-32(52-2)18-13-29/h5-19,22,26,35,37,46H,20-21,23-25H2,1-4H3,(H,42,48)/t26-,35+,37-,40+/m1/s1. The van der Waals surface area contributed by atoms with Gasteiger partial charge in [-0.15, -0.1) is 0 Å². The van der Waals surface area contributed by atoms with Crippen molar-refractivity contribution >= 4 is 43.2 Å². The molecule has 0 aromatic heterocycles. The maximum atomic E-state index is 16.4. The molecule has 4 atom stereocenters. The first-order chi connectivity index (χ1) is 25.8. The van der Waals surface area contributed by atoms with E-state index in [2.05, 4.69) is 5.32 Å². The van der Waals surface area contributed by atoms with Gasteiger partial charge in [-0.2, -0.15) is 0 Å². The van der Waals surface area contributed by atoms with Crippen LogP contribution in [-0.2, 0) is 33.0 Å². The highest BCUT2D eigenvalue weighted by Crippen LogP contribution is 2.60. The number of halogens is 1. The molecule has 0 saturated carbocycles. The number of nitro benzene ring substituents is 1. The number of aliphatic hydroxyl groups excluding tert-OH is 1. The van der Waals surface area contributed by atoms with Gasteiger partial charge in [-0.05, 0) is 66.7 Å². The predicted octanol–water partition coefficient (Wildman–Crippen LogP) is 6.59. The van der Waals surface area contributed by atoms with Crippen LogP contribution in [0, 0.1) is 16.0 Å². The van der Waals surface area contributed by atoms with Crippen molar-refractivity contribution in [3.8, 4) is 5.75 Å². The van der Waals surface area contributed by atoms with Crippen LogP contribution in [-0.4, -0.2) is 67.4 Å². The van der Waals surface area contributed by atoms with Gasteiger partial charge in [0.1, 0.15) is 5.75 Å². The number of hydrogen-bond acceptors (Lipinski definition) is 8. The van der Waals surface area contributed by atoms with E-state index in [1.54, 1.807) is 62.6 Å². The Morgan fingerprint density at radius 3 is 2.33 bits per heavy atom. The molecule has 0 unspecified atom stereocenters. The van der Waals surface area contributed by atoms with Gasteiger partial charge < -0.3 is 33.8 Å². The maximum absolute atomic E-state index is 16.4. The van der Waals surface area contributed by atoms with Crippen LogP contribution in [0.1, 0.15) is 40.4 Å². The molecule has 0 aliphatic carbocycles. The van der Waals surface area contributed by atoms with Crippen LogP contribution in [0.4, 0.5) is 21.2 Å². The number of nitro groups is 1. The second-order valence-electron chi connectivity index (χ2n) is 14.2. The Hall–Kier alpha value is -5.44. The lowest BCUT2D eigenvalue weighted by Gasteiger charge is -2.31. The maximum Gasteiger partial charge on any atom is 0.269 e. The number of aliphatic hydroxyl groups is 1. The molecule has 2 N–H and O–H groups in total. The van der Waals surface area contributed by atoms with Crippen LogP contribution in [0.2, 0.25) is 18.6 Å². The first-order valence-electron chi connectivity index (χ1n) is 17.7. The highest BCUT2D eigenvalue weighted by molar-refractivity contribution is 6.72. The summed E-state index contributed by atoms with van der Waals surface area (Å²) in [5.41, 5.74) is 0.308. The summed E-state index contributed by atoms with van der Waals surface area (Å²) in [5, 5.41) is 24.6. The molecule has 1 spiro atoms. The van der Waals surface area contributed by atoms with Gasteiger partial charge in [0.15, 0.2) is 5.60 Å². The fourth-order valence-electron chi connectivity index (χ4n) is 7.85. The summed E-state index contributed by atoms with van der Waals surface area (Å²) in [4.78, 5) is 55.9. The van der Waals surface area contributed by atoms with Gasteiger partial charge in [-0.25, -0.2) is 0 Å². The van der Waals surface area contributed by atoms with E-state index >= 15 is 4.11 Å². The van der Waals surface area contributed by atoms with E-state index in [9.17, 15) is 29.6 Å². The minimum absolute atomic E-state index is 0.0496. The Morgan fingerprint density at radius 1 is 1.04 bits per heavy atom. The van der Waals surface area contributed by atoms with Crippen molar-refractivity contribution in [3.63, 3.8) is 0 Å². The summed E-state index contributed by atoms with van der Waals surface area (Å²) in [6, 6.07) is 27.1. The van der Waals surface area contributed by atoms with Crippen LogP contribution in [0.25, 0.3) is 0 Å². The number of amides is 3. The van der Waals surface area contributed by atoms with E-state index in [0.717, 1.165) is 5.56 Å². The van der Waals surface area contributed by atoms with E-state index in [1.165, 1.54) is 41.1 Å². The van der Waals surface area contributed by atoms with E-state index in [-0.39, 0.29) is 55.7 Å². The van der Waals surface area contributed by atoms with Crippen LogP contribution >= 0.6 is 0 Å². The molecule has 0 bridgehead atoms. The molecule has 2 aliphatic rings. The average Bonchev–Trinajstić information content (AvgIpc) is 3.58. The summed E-state index contributed by atoms with van der Waals surface area (Å²) < 4.78 is 28.3. The molecule has 3 amide bonds. The molecular weight excluding hydrogens is 712 g/mol. The lowest BCUT2D eigenvalue weighted by atomic mass is 9.82. The third-order valence-electron chi connectivity index (χ3n) is 10.4. The first-order valence-corrected chi connectivity index (χ1v) is 20.7. The van der Waals surface area contributed by atoms with E-state index in [4.69, 9.17) is 9.47 Å². The monoisotopic (exact) mass is 754 g/mol. The Bertz CT molecular complexity index is 2030. The molecule has 12 nitrogen and oxygen atoms in total. The van der Waals surface area contributed by atoms with Crippen LogP contribution in [0.15, 0.2) is 97.1 Å². The van der Waals surface area contributed by atoms with Gasteiger partial charge in [0.2, 0.25) is 14.3 Å². The molecule has 2 heterocycles. The lowest BCUT2D eigenvalue weighted by Crippen LogP contribution is -2.45. The van der Waals surface area contributed by atoms with Crippen molar-refractivity contribution in [2.45, 2.75) is 56.8 Å². The second-order valence-corrected chi connectivity index (χ2v) is 18.0. The highest BCUT2D eigenvalue weighted by atomic mass is 28.4. The molecule has 2 aliphatic heterocycles. The number of hydrogen-bond donors (Lipinski definition) is 2. The molecule has 282 valence electrons. The number of carbonyl (C=O) groups is 3. The molecule has 6 rings (SSSR count). The quantitative estimate of drug-likeness (QED) is 0.0672. The fraction of sp³-hybridized carbons (Fsp3) is 0.325. The van der Waals surface area contributed by atoms with Crippen molar-refractivity contribution in [1.82, 2.24) is 4.90 Å². The summed E-state index contributed by atoms with van der Waals surface area (Å²) in [6.07, 6.45) is -1.26. The lowest BCUT2D eigenvalue weighted by molar-refractivity contribution is -0.385. The molecule has 1 saturated heterocycles. The average molecular weight is 755 g/mol. The van der Waals surface area contributed by atoms with Gasteiger partial charge in [-0.3, -0.25) is 24.5 Å². The Morgan fingerprint density at radius 2 is 1.72 bits per heavy atom. The Balaban J connectivity index is 1.29. The fourth-order valence-corrected chi connectivity index (χ4v) is 10.3. The largest absolute Gasteiger partial charge is 0.497 e. The van der Waals surface area contributed by atoms with Crippen molar-refractivity contribution in [2.75, 3.05) is 30.5 Å². The Kier molecular flexibility index (Phi) is 11.0. The minimum Gasteiger partial charge on any atom is -0.497 e. The summed E-state index contributed by atoms with van der Waals surface area (Å²) in [5.74, 6) is -1.34. The van der Waals surface area contributed by atoms with Crippen molar-refractivity contribution in [2.24, 2.45) is 5.92 Å². The minimum atomic E-state index is -3.66. The van der Waals surface area contributed by atoms with Gasteiger partial charge in [-0.1, -0.05) is 49.4 Å². The number of fused-ring (bicyclic) bond motifs is 2. The number of methoxy groups -OCH3 is 1. The number of benzene rings is 4. The van der Waals surface area contributed by atoms with Crippen molar-refractivity contribution < 1.29 is 38.0 Å². The Labute approximate surface area is 313 Å². The number of rotatable bonds is 13. The number of nitrogens with one attached hydrogen (secondary N) is 1. The zero-order valence-corrected chi connectivity index (χ0v) is 31.5. The molecule has 4 aromatic rings. The molecule has 54 heavy (non-hydrogen) atoms. The predicted molar refractivity (Wildman–Crippen MR) is 203 cm³/mol. The van der Waals surface area contributed by atoms with Crippen LogP contribution in [0.3, 0.4) is 0 Å². The first kappa shape index (κ1) is 38.3. The zero-order chi connectivity index (χ0) is 38.8.